The van der Waals surface area contributed by atoms with Gasteiger partial charge in [-0.1, -0.05) is 133 Å². The van der Waals surface area contributed by atoms with E-state index in [0.717, 1.165) is 55.5 Å². The van der Waals surface area contributed by atoms with Gasteiger partial charge in [-0.2, -0.15) is 0 Å². The van der Waals surface area contributed by atoms with Crippen LogP contribution in [0.2, 0.25) is 0 Å². The molecule has 0 aliphatic carbocycles. The summed E-state index contributed by atoms with van der Waals surface area (Å²) in [6.45, 7) is 0. The van der Waals surface area contributed by atoms with Gasteiger partial charge in [-0.25, -0.2) is 0 Å². The van der Waals surface area contributed by atoms with E-state index in [4.69, 9.17) is 4.42 Å². The first-order valence-electron chi connectivity index (χ1n) is 17.4. The first-order valence-corrected chi connectivity index (χ1v) is 17.4. The number of nitrogens with zero attached hydrogens (tertiary/aromatic N) is 2. The summed E-state index contributed by atoms with van der Waals surface area (Å²) in [5.74, 6) is 0. The van der Waals surface area contributed by atoms with Crippen LogP contribution in [0.15, 0.2) is 186 Å². The van der Waals surface area contributed by atoms with E-state index in [0.29, 0.717) is 0 Å². The van der Waals surface area contributed by atoms with E-state index in [1.54, 1.807) is 0 Å². The normalized spacial score (nSPS) is 11.9. The summed E-state index contributed by atoms with van der Waals surface area (Å²) in [6, 6.07) is 65.3. The first kappa shape index (κ1) is 28.0. The number of aromatic nitrogens is 2. The van der Waals surface area contributed by atoms with Gasteiger partial charge in [0, 0.05) is 38.2 Å². The van der Waals surface area contributed by atoms with Crippen molar-refractivity contribution in [1.29, 1.82) is 0 Å². The maximum absolute atomic E-state index is 6.85. The van der Waals surface area contributed by atoms with Gasteiger partial charge in [0.05, 0.1) is 33.1 Å². The highest BCUT2D eigenvalue weighted by Gasteiger charge is 2.22. The molecule has 0 amide bonds. The molecule has 0 saturated heterocycles. The molecule has 0 aliphatic rings. The molecular weight excluding hydrogens is 621 g/mol. The average molecular weight is 651 g/mol. The van der Waals surface area contributed by atoms with Crippen molar-refractivity contribution in [2.24, 2.45) is 0 Å². The fourth-order valence-electron chi connectivity index (χ4n) is 8.35. The molecule has 0 atom stereocenters. The van der Waals surface area contributed by atoms with Gasteiger partial charge in [0.15, 0.2) is 0 Å². The van der Waals surface area contributed by atoms with Crippen LogP contribution >= 0.6 is 0 Å². The number of rotatable bonds is 4. The van der Waals surface area contributed by atoms with Crippen LogP contribution in [0.5, 0.6) is 0 Å². The molecule has 3 heterocycles. The van der Waals surface area contributed by atoms with Crippen molar-refractivity contribution in [2.75, 3.05) is 0 Å². The van der Waals surface area contributed by atoms with E-state index >= 15 is 0 Å². The summed E-state index contributed by atoms with van der Waals surface area (Å²) < 4.78 is 11.7. The molecule has 0 fully saturated rings. The topological polar surface area (TPSA) is 23.0 Å². The van der Waals surface area contributed by atoms with Gasteiger partial charge in [-0.05, 0) is 65.2 Å². The largest absolute Gasteiger partial charge is 0.455 e. The Bertz CT molecular complexity index is 3090. The minimum Gasteiger partial charge on any atom is -0.455 e. The summed E-state index contributed by atoms with van der Waals surface area (Å²) in [4.78, 5) is 0. The molecule has 0 spiro atoms. The molecule has 3 aromatic heterocycles. The van der Waals surface area contributed by atoms with Crippen LogP contribution < -0.4 is 0 Å². The number of para-hydroxylation sites is 4. The van der Waals surface area contributed by atoms with E-state index < -0.39 is 0 Å². The highest BCUT2D eigenvalue weighted by atomic mass is 16.3. The van der Waals surface area contributed by atoms with Gasteiger partial charge < -0.3 is 13.6 Å². The van der Waals surface area contributed by atoms with Gasteiger partial charge in [-0.3, -0.25) is 0 Å². The van der Waals surface area contributed by atoms with Gasteiger partial charge in [0.25, 0.3) is 0 Å². The number of benzene rings is 8. The van der Waals surface area contributed by atoms with Crippen LogP contribution in [0.3, 0.4) is 0 Å². The predicted octanol–water partition coefficient (Wildman–Crippen LogP) is 13.1. The fourth-order valence-corrected chi connectivity index (χ4v) is 8.35. The van der Waals surface area contributed by atoms with Crippen LogP contribution in [0, 0.1) is 0 Å². The summed E-state index contributed by atoms with van der Waals surface area (Å²) in [5, 5.41) is 7.16. The third-order valence-electron chi connectivity index (χ3n) is 10.5. The third kappa shape index (κ3) is 4.06. The van der Waals surface area contributed by atoms with Crippen LogP contribution in [-0.2, 0) is 0 Å². The van der Waals surface area contributed by atoms with Crippen LogP contribution in [0.4, 0.5) is 0 Å². The average Bonchev–Trinajstić information content (AvgIpc) is 3.86. The van der Waals surface area contributed by atoms with Crippen LogP contribution in [0.1, 0.15) is 0 Å². The second-order valence-electron chi connectivity index (χ2n) is 13.3. The Balaban J connectivity index is 1.23. The van der Waals surface area contributed by atoms with Crippen molar-refractivity contribution in [3.05, 3.63) is 182 Å². The molecule has 11 aromatic rings. The lowest BCUT2D eigenvalue weighted by Gasteiger charge is -2.15. The van der Waals surface area contributed by atoms with Crippen molar-refractivity contribution >= 4 is 65.6 Å². The lowest BCUT2D eigenvalue weighted by Crippen LogP contribution is -1.98. The zero-order valence-electron chi connectivity index (χ0n) is 27.6. The Kier molecular flexibility index (Phi) is 5.96. The molecule has 0 bridgehead atoms. The third-order valence-corrected chi connectivity index (χ3v) is 10.5. The van der Waals surface area contributed by atoms with Gasteiger partial charge >= 0.3 is 0 Å². The zero-order valence-corrected chi connectivity index (χ0v) is 27.6. The number of fused-ring (bicyclic) bond motifs is 9. The maximum Gasteiger partial charge on any atom is 0.145 e. The molecule has 3 heteroatoms. The second kappa shape index (κ2) is 10.8. The Morgan fingerprint density at radius 2 is 0.902 bits per heavy atom. The molecule has 0 N–H and O–H groups in total. The predicted molar refractivity (Wildman–Crippen MR) is 213 cm³/mol. The molecule has 8 aromatic carbocycles. The smallest absolute Gasteiger partial charge is 0.145 e. The van der Waals surface area contributed by atoms with Crippen molar-refractivity contribution in [1.82, 2.24) is 9.13 Å². The minimum absolute atomic E-state index is 0.880. The molecule has 0 aliphatic heterocycles. The van der Waals surface area contributed by atoms with E-state index in [1.807, 2.05) is 0 Å². The van der Waals surface area contributed by atoms with E-state index in [1.165, 1.54) is 43.7 Å². The quantitative estimate of drug-likeness (QED) is 0.186. The molecule has 3 nitrogen and oxygen atoms in total. The SMILES string of the molecule is c1ccc(-c2ccccc2-c2ccc(-n3c4ccccc4c4ccc(-n5c6ccccc6c6ccccc65)cc43)c3c2oc2ccccc23)cc1. The number of hydrogen-bond donors (Lipinski definition) is 0. The van der Waals surface area contributed by atoms with Crippen LogP contribution in [0.25, 0.3) is 99.2 Å². The maximum atomic E-state index is 6.85. The summed E-state index contributed by atoms with van der Waals surface area (Å²) in [5.41, 5.74) is 13.3. The van der Waals surface area contributed by atoms with Crippen molar-refractivity contribution in [3.8, 4) is 33.6 Å². The molecule has 238 valence electrons. The lowest BCUT2D eigenvalue weighted by atomic mass is 9.93. The number of hydrogen-bond acceptors (Lipinski definition) is 1. The Hall–Kier alpha value is -6.84. The van der Waals surface area contributed by atoms with Crippen molar-refractivity contribution in [2.45, 2.75) is 0 Å². The van der Waals surface area contributed by atoms with Gasteiger partial charge in [0.2, 0.25) is 0 Å². The molecular formula is C48H30N2O. The first-order chi connectivity index (χ1) is 25.3. The zero-order chi connectivity index (χ0) is 33.5. The summed E-state index contributed by atoms with van der Waals surface area (Å²) in [6.07, 6.45) is 0. The molecule has 0 unspecified atom stereocenters. The molecule has 11 rings (SSSR count). The molecule has 0 saturated carbocycles. The van der Waals surface area contributed by atoms with Crippen molar-refractivity contribution < 1.29 is 4.42 Å². The summed E-state index contributed by atoms with van der Waals surface area (Å²) in [7, 11) is 0. The minimum atomic E-state index is 0.880. The second-order valence-corrected chi connectivity index (χ2v) is 13.3. The molecule has 0 radical (unpaired) electrons. The van der Waals surface area contributed by atoms with Crippen molar-refractivity contribution in [3.63, 3.8) is 0 Å². The van der Waals surface area contributed by atoms with E-state index in [2.05, 4.69) is 191 Å². The van der Waals surface area contributed by atoms with E-state index in [9.17, 15) is 0 Å². The fraction of sp³-hybridized carbons (Fsp3) is 0. The standard InChI is InChI=1S/C48H30N2O/c1-2-14-31(15-3-1)33-16-4-5-17-34(33)39-28-29-44(47-40-21-9-13-25-46(40)51-48(39)47)50-43-24-12-8-20-37(43)38-27-26-32(30-45(38)50)49-41-22-10-6-18-35(41)36-19-7-11-23-42(36)49/h1-30H. The Labute approximate surface area is 293 Å². The molecule has 51 heavy (non-hydrogen) atoms. The Morgan fingerprint density at radius 3 is 1.61 bits per heavy atom. The lowest BCUT2D eigenvalue weighted by molar-refractivity contribution is 0.670. The van der Waals surface area contributed by atoms with Crippen LogP contribution in [-0.4, -0.2) is 9.13 Å². The highest BCUT2D eigenvalue weighted by Crippen LogP contribution is 2.45. The van der Waals surface area contributed by atoms with Gasteiger partial charge in [-0.15, -0.1) is 0 Å². The monoisotopic (exact) mass is 650 g/mol. The highest BCUT2D eigenvalue weighted by molar-refractivity contribution is 6.18. The number of furan rings is 1. The Morgan fingerprint density at radius 1 is 0.353 bits per heavy atom. The summed E-state index contributed by atoms with van der Waals surface area (Å²) >= 11 is 0. The van der Waals surface area contributed by atoms with Gasteiger partial charge in [0.1, 0.15) is 11.2 Å². The van der Waals surface area contributed by atoms with E-state index in [-0.39, 0.29) is 0 Å².